The molecule has 1 aliphatic rings. The fourth-order valence-corrected chi connectivity index (χ4v) is 13.8. The van der Waals surface area contributed by atoms with Gasteiger partial charge in [-0.15, -0.1) is 0 Å². The summed E-state index contributed by atoms with van der Waals surface area (Å²) in [4.78, 5) is 0. The first-order chi connectivity index (χ1) is 9.89. The molecule has 0 bridgehead atoms. The van der Waals surface area contributed by atoms with E-state index in [1.807, 2.05) is 0 Å². The Labute approximate surface area is 138 Å². The van der Waals surface area contributed by atoms with Crippen LogP contribution in [0.1, 0.15) is 47.1 Å². The number of hydrogen-bond acceptors (Lipinski definition) is 1. The summed E-state index contributed by atoms with van der Waals surface area (Å²) in [5, 5.41) is 0. The van der Waals surface area contributed by atoms with Crippen LogP contribution in [0.4, 0.5) is 0 Å². The van der Waals surface area contributed by atoms with Crippen LogP contribution in [0, 0.1) is 13.0 Å². The molecule has 1 aromatic rings. The van der Waals surface area contributed by atoms with Crippen molar-refractivity contribution in [1.29, 1.82) is 0 Å². The summed E-state index contributed by atoms with van der Waals surface area (Å²) < 4.78 is 11.2. The second-order valence-electron chi connectivity index (χ2n) is 6.71. The Morgan fingerprint density at radius 2 is 1.57 bits per heavy atom. The molecule has 0 unspecified atom stereocenters. The summed E-state index contributed by atoms with van der Waals surface area (Å²) in [6.07, 6.45) is 0. The summed E-state index contributed by atoms with van der Waals surface area (Å²) in [5.74, 6) is 0. The van der Waals surface area contributed by atoms with E-state index in [1.54, 1.807) is 0 Å². The van der Waals surface area contributed by atoms with Gasteiger partial charge in [-0.3, -0.25) is 0 Å². The Morgan fingerprint density at radius 1 is 1.00 bits per heavy atom. The molecule has 1 nitrogen and oxygen atoms in total. The Bertz CT molecular complexity index is 532. The van der Waals surface area contributed by atoms with Gasteiger partial charge in [-0.25, -0.2) is 0 Å². The molecule has 0 N–H and O–H groups in total. The van der Waals surface area contributed by atoms with Crippen molar-refractivity contribution in [2.75, 3.05) is 0 Å². The average Bonchev–Trinajstić information content (AvgIpc) is 2.82. The van der Waals surface area contributed by atoms with Crippen LogP contribution in [0.5, 0.6) is 0 Å². The van der Waals surface area contributed by atoms with Crippen LogP contribution in [0.15, 0.2) is 24.3 Å². The van der Waals surface area contributed by atoms with Gasteiger partial charge in [-0.05, 0) is 0 Å². The zero-order valence-corrected chi connectivity index (χ0v) is 17.2. The molecule has 0 atom stereocenters. The van der Waals surface area contributed by atoms with Crippen molar-refractivity contribution in [2.24, 2.45) is 0 Å². The van der Waals surface area contributed by atoms with E-state index in [-0.39, 0.29) is 0 Å². The van der Waals surface area contributed by atoms with Gasteiger partial charge in [-0.2, -0.15) is 0 Å². The fraction of sp³-hybridized carbons (Fsp3) is 0.556. The molecule has 0 saturated carbocycles. The summed E-state index contributed by atoms with van der Waals surface area (Å²) in [6.45, 7) is 15.0. The standard InChI is InChI=1S/C18H27IOSi/c1-14(2)21(15(3)4,16(5)6)12-11-19-18-10-8-7-9-17(18)13-20-19/h7-10,14-16H,13H2,1-6H3. The molecular formula is C18H27IOSi. The summed E-state index contributed by atoms with van der Waals surface area (Å²) in [6, 6.07) is 8.64. The summed E-state index contributed by atoms with van der Waals surface area (Å²) >= 11 is -1.72. The Hall–Kier alpha value is -0.313. The van der Waals surface area contributed by atoms with Crippen molar-refractivity contribution in [1.82, 2.24) is 0 Å². The molecule has 0 radical (unpaired) electrons. The Balaban J connectivity index is 2.36. The molecule has 0 amide bonds. The predicted molar refractivity (Wildman–Crippen MR) is 103 cm³/mol. The van der Waals surface area contributed by atoms with Gasteiger partial charge in [0.05, 0.1) is 0 Å². The minimum atomic E-state index is -1.72. The minimum absolute atomic E-state index is 0.693. The fourth-order valence-electron chi connectivity index (χ4n) is 3.59. The molecule has 2 rings (SSSR count). The molecule has 0 fully saturated rings. The van der Waals surface area contributed by atoms with Crippen molar-refractivity contribution < 1.29 is 3.07 Å². The predicted octanol–water partition coefficient (Wildman–Crippen LogP) is 5.99. The van der Waals surface area contributed by atoms with Gasteiger partial charge < -0.3 is 0 Å². The second-order valence-corrected chi connectivity index (χ2v) is 16.0. The molecule has 116 valence electrons. The molecule has 0 spiro atoms. The van der Waals surface area contributed by atoms with Gasteiger partial charge in [0.2, 0.25) is 0 Å². The van der Waals surface area contributed by atoms with Gasteiger partial charge in [-0.1, -0.05) is 0 Å². The first-order valence-electron chi connectivity index (χ1n) is 7.83. The van der Waals surface area contributed by atoms with Crippen molar-refractivity contribution >= 4 is 28.3 Å². The molecule has 1 aromatic carbocycles. The Kier molecular flexibility index (Phi) is 5.56. The first kappa shape index (κ1) is 17.0. The van der Waals surface area contributed by atoms with Crippen molar-refractivity contribution in [3.8, 4) is 9.47 Å². The maximum absolute atomic E-state index is 6.06. The molecule has 1 heterocycles. The summed E-state index contributed by atoms with van der Waals surface area (Å²) in [5.41, 5.74) is 7.29. The number of rotatable bonds is 3. The van der Waals surface area contributed by atoms with E-state index in [4.69, 9.17) is 3.07 Å². The maximum atomic E-state index is 6.06. The van der Waals surface area contributed by atoms with Gasteiger partial charge in [0.25, 0.3) is 0 Å². The van der Waals surface area contributed by atoms with E-state index in [1.165, 1.54) is 9.13 Å². The van der Waals surface area contributed by atoms with E-state index in [0.29, 0.717) is 16.6 Å². The molecule has 3 heteroatoms. The van der Waals surface area contributed by atoms with Crippen molar-refractivity contribution in [2.45, 2.75) is 64.8 Å². The van der Waals surface area contributed by atoms with Crippen LogP contribution in [0.3, 0.4) is 0 Å². The zero-order chi connectivity index (χ0) is 15.6. The molecule has 0 saturated heterocycles. The molecule has 1 aliphatic heterocycles. The normalized spacial score (nSPS) is 16.3. The monoisotopic (exact) mass is 414 g/mol. The van der Waals surface area contributed by atoms with Gasteiger partial charge >= 0.3 is 139 Å². The van der Waals surface area contributed by atoms with E-state index in [0.717, 1.165) is 6.61 Å². The third kappa shape index (κ3) is 3.23. The van der Waals surface area contributed by atoms with E-state index in [9.17, 15) is 0 Å². The second kappa shape index (κ2) is 6.85. The van der Waals surface area contributed by atoms with Crippen LogP contribution in [0.2, 0.25) is 16.6 Å². The average molecular weight is 414 g/mol. The molecule has 0 aromatic heterocycles. The number of fused-ring (bicyclic) bond motifs is 1. The van der Waals surface area contributed by atoms with Gasteiger partial charge in [0.1, 0.15) is 0 Å². The van der Waals surface area contributed by atoms with Crippen LogP contribution < -0.4 is 0 Å². The van der Waals surface area contributed by atoms with Crippen LogP contribution >= 0.6 is 20.2 Å². The molecule has 0 aliphatic carbocycles. The van der Waals surface area contributed by atoms with Gasteiger partial charge in [0, 0.05) is 0 Å². The van der Waals surface area contributed by atoms with Crippen LogP contribution in [0.25, 0.3) is 0 Å². The van der Waals surface area contributed by atoms with E-state index >= 15 is 0 Å². The number of hydrogen-bond donors (Lipinski definition) is 0. The van der Waals surface area contributed by atoms with Crippen molar-refractivity contribution in [3.05, 3.63) is 33.4 Å². The summed E-state index contributed by atoms with van der Waals surface area (Å²) in [7, 11) is -1.62. The molecular weight excluding hydrogens is 387 g/mol. The first-order valence-corrected chi connectivity index (χ1v) is 13.1. The van der Waals surface area contributed by atoms with Gasteiger partial charge in [0.15, 0.2) is 0 Å². The molecule has 21 heavy (non-hydrogen) atoms. The van der Waals surface area contributed by atoms with Crippen LogP contribution in [-0.2, 0) is 9.67 Å². The van der Waals surface area contributed by atoms with Crippen LogP contribution in [-0.4, -0.2) is 8.07 Å². The Morgan fingerprint density at radius 3 is 2.14 bits per heavy atom. The SMILES string of the molecule is CC(C)[Si](C#CI1OCc2ccccc21)(C(C)C)C(C)C. The van der Waals surface area contributed by atoms with E-state index in [2.05, 4.69) is 75.3 Å². The zero-order valence-electron chi connectivity index (χ0n) is 14.0. The quantitative estimate of drug-likeness (QED) is 0.336. The third-order valence-corrected chi connectivity index (χ3v) is 15.3. The topological polar surface area (TPSA) is 9.23 Å². The van der Waals surface area contributed by atoms with E-state index < -0.39 is 28.3 Å². The number of halogens is 1. The third-order valence-electron chi connectivity index (χ3n) is 4.68. The number of benzene rings is 1. The van der Waals surface area contributed by atoms with Crippen molar-refractivity contribution in [3.63, 3.8) is 0 Å².